The topological polar surface area (TPSA) is 12.0 Å². The molecule has 1 aliphatic heterocycles. The van der Waals surface area contributed by atoms with Crippen molar-refractivity contribution in [3.63, 3.8) is 0 Å². The van der Waals surface area contributed by atoms with Crippen LogP contribution in [0.1, 0.15) is 26.2 Å². The second kappa shape index (κ2) is 4.81. The van der Waals surface area contributed by atoms with Gasteiger partial charge < -0.3 is 5.32 Å². The lowest BCUT2D eigenvalue weighted by atomic mass is 10.0. The molecule has 1 fully saturated rings. The molecule has 1 N–H and O–H groups in total. The van der Waals surface area contributed by atoms with E-state index in [4.69, 9.17) is 0 Å². The molecular formula is C11H17N. The Morgan fingerprint density at radius 3 is 3.08 bits per heavy atom. The van der Waals surface area contributed by atoms with E-state index < -0.39 is 0 Å². The van der Waals surface area contributed by atoms with Gasteiger partial charge in [0.1, 0.15) is 0 Å². The van der Waals surface area contributed by atoms with Gasteiger partial charge in [-0.05, 0) is 31.8 Å². The van der Waals surface area contributed by atoms with Gasteiger partial charge in [0.2, 0.25) is 0 Å². The first kappa shape index (κ1) is 9.11. The predicted octanol–water partition coefficient (Wildman–Crippen LogP) is 2.78. The molecular weight excluding hydrogens is 146 g/mol. The van der Waals surface area contributed by atoms with Gasteiger partial charge in [-0.3, -0.25) is 0 Å². The standard InChI is InChI=1S/C11H17N/c1-3-4-5-8-11-10(2)7-6-9-12-11/h3-4,8,12H,2,5-7,9H2,1H3/b4-3-,11-8+. The summed E-state index contributed by atoms with van der Waals surface area (Å²) in [6.45, 7) is 7.16. The summed E-state index contributed by atoms with van der Waals surface area (Å²) in [6, 6.07) is 0. The van der Waals surface area contributed by atoms with Crippen molar-refractivity contribution >= 4 is 0 Å². The van der Waals surface area contributed by atoms with E-state index in [1.165, 1.54) is 17.7 Å². The van der Waals surface area contributed by atoms with Crippen molar-refractivity contribution < 1.29 is 0 Å². The van der Waals surface area contributed by atoms with E-state index in [1.807, 2.05) is 6.92 Å². The Bertz CT molecular complexity index is 211. The average Bonchev–Trinajstić information content (AvgIpc) is 2.09. The molecule has 0 aliphatic carbocycles. The van der Waals surface area contributed by atoms with Crippen LogP contribution in [0.4, 0.5) is 0 Å². The fourth-order valence-electron chi connectivity index (χ4n) is 1.32. The third kappa shape index (κ3) is 2.57. The van der Waals surface area contributed by atoms with E-state index in [0.29, 0.717) is 0 Å². The molecule has 0 amide bonds. The fraction of sp³-hybridized carbons (Fsp3) is 0.455. The lowest BCUT2D eigenvalue weighted by Crippen LogP contribution is -2.21. The van der Waals surface area contributed by atoms with Gasteiger partial charge in [-0.1, -0.05) is 24.8 Å². The van der Waals surface area contributed by atoms with E-state index in [0.717, 1.165) is 19.4 Å². The zero-order chi connectivity index (χ0) is 8.81. The molecule has 0 spiro atoms. The van der Waals surface area contributed by atoms with Crippen LogP contribution in [0.2, 0.25) is 0 Å². The van der Waals surface area contributed by atoms with Crippen LogP contribution in [-0.2, 0) is 0 Å². The minimum absolute atomic E-state index is 1.01. The van der Waals surface area contributed by atoms with E-state index in [9.17, 15) is 0 Å². The Morgan fingerprint density at radius 1 is 1.58 bits per heavy atom. The second-order valence-corrected chi connectivity index (χ2v) is 3.06. The van der Waals surface area contributed by atoms with E-state index in [1.54, 1.807) is 0 Å². The monoisotopic (exact) mass is 163 g/mol. The van der Waals surface area contributed by atoms with Gasteiger partial charge in [0, 0.05) is 12.2 Å². The van der Waals surface area contributed by atoms with Crippen molar-refractivity contribution in [1.29, 1.82) is 0 Å². The van der Waals surface area contributed by atoms with Gasteiger partial charge >= 0.3 is 0 Å². The van der Waals surface area contributed by atoms with Gasteiger partial charge in [0.25, 0.3) is 0 Å². The number of nitrogens with one attached hydrogen (secondary N) is 1. The highest BCUT2D eigenvalue weighted by Gasteiger charge is 2.06. The van der Waals surface area contributed by atoms with Gasteiger partial charge in [0.15, 0.2) is 0 Å². The Hall–Kier alpha value is -0.980. The number of hydrogen-bond donors (Lipinski definition) is 1. The SMILES string of the molecule is C=C1CCCN/C1=C/C/C=C\C. The normalized spacial score (nSPS) is 21.8. The first-order chi connectivity index (χ1) is 5.84. The molecule has 66 valence electrons. The maximum absolute atomic E-state index is 4.02. The van der Waals surface area contributed by atoms with Crippen LogP contribution in [0, 0.1) is 0 Å². The van der Waals surface area contributed by atoms with Crippen LogP contribution in [-0.4, -0.2) is 6.54 Å². The Kier molecular flexibility index (Phi) is 3.65. The Balaban J connectivity index is 2.47. The Labute approximate surface area is 74.9 Å². The molecule has 0 bridgehead atoms. The zero-order valence-corrected chi connectivity index (χ0v) is 7.77. The molecule has 0 atom stereocenters. The van der Waals surface area contributed by atoms with Crippen LogP contribution >= 0.6 is 0 Å². The highest BCUT2D eigenvalue weighted by Crippen LogP contribution is 2.16. The van der Waals surface area contributed by atoms with Crippen molar-refractivity contribution in [2.75, 3.05) is 6.54 Å². The van der Waals surface area contributed by atoms with E-state index >= 15 is 0 Å². The summed E-state index contributed by atoms with van der Waals surface area (Å²) < 4.78 is 0. The van der Waals surface area contributed by atoms with Crippen LogP contribution < -0.4 is 5.32 Å². The summed E-state index contributed by atoms with van der Waals surface area (Å²) in [5.74, 6) is 0. The fourth-order valence-corrected chi connectivity index (χ4v) is 1.32. The van der Waals surface area contributed by atoms with Crippen LogP contribution in [0.5, 0.6) is 0 Å². The second-order valence-electron chi connectivity index (χ2n) is 3.06. The third-order valence-electron chi connectivity index (χ3n) is 2.05. The molecule has 0 radical (unpaired) electrons. The molecule has 1 saturated heterocycles. The van der Waals surface area contributed by atoms with Gasteiger partial charge in [-0.2, -0.15) is 0 Å². The quantitative estimate of drug-likeness (QED) is 0.617. The first-order valence-electron chi connectivity index (χ1n) is 4.58. The first-order valence-corrected chi connectivity index (χ1v) is 4.58. The minimum Gasteiger partial charge on any atom is -0.385 e. The third-order valence-corrected chi connectivity index (χ3v) is 2.05. The average molecular weight is 163 g/mol. The molecule has 1 aliphatic rings. The largest absolute Gasteiger partial charge is 0.385 e. The van der Waals surface area contributed by atoms with Crippen LogP contribution in [0.15, 0.2) is 36.1 Å². The summed E-state index contributed by atoms with van der Waals surface area (Å²) >= 11 is 0. The number of piperidine rings is 1. The lowest BCUT2D eigenvalue weighted by Gasteiger charge is -2.19. The molecule has 0 aromatic heterocycles. The molecule has 1 nitrogen and oxygen atoms in total. The minimum atomic E-state index is 1.01. The highest BCUT2D eigenvalue weighted by atomic mass is 14.9. The number of allylic oxidation sites excluding steroid dienone is 4. The molecule has 12 heavy (non-hydrogen) atoms. The highest BCUT2D eigenvalue weighted by molar-refractivity contribution is 5.28. The summed E-state index contributed by atoms with van der Waals surface area (Å²) in [7, 11) is 0. The zero-order valence-electron chi connectivity index (χ0n) is 7.77. The molecule has 1 heterocycles. The molecule has 0 saturated carbocycles. The Morgan fingerprint density at radius 2 is 2.42 bits per heavy atom. The summed E-state index contributed by atoms with van der Waals surface area (Å²) in [5, 5.41) is 3.36. The van der Waals surface area contributed by atoms with Crippen LogP contribution in [0.25, 0.3) is 0 Å². The van der Waals surface area contributed by atoms with Gasteiger partial charge in [-0.15, -0.1) is 0 Å². The maximum atomic E-state index is 4.02. The lowest BCUT2D eigenvalue weighted by molar-refractivity contribution is 0.668. The molecule has 1 heteroatoms. The van der Waals surface area contributed by atoms with Crippen molar-refractivity contribution in [2.24, 2.45) is 0 Å². The molecule has 0 unspecified atom stereocenters. The van der Waals surface area contributed by atoms with Crippen molar-refractivity contribution in [2.45, 2.75) is 26.2 Å². The predicted molar refractivity (Wildman–Crippen MR) is 53.9 cm³/mol. The van der Waals surface area contributed by atoms with Gasteiger partial charge in [-0.25, -0.2) is 0 Å². The van der Waals surface area contributed by atoms with E-state index in [-0.39, 0.29) is 0 Å². The summed E-state index contributed by atoms with van der Waals surface area (Å²) in [4.78, 5) is 0. The number of hydrogen-bond acceptors (Lipinski definition) is 1. The molecule has 0 aromatic rings. The number of rotatable bonds is 2. The maximum Gasteiger partial charge on any atom is 0.0329 e. The van der Waals surface area contributed by atoms with Crippen molar-refractivity contribution in [1.82, 2.24) is 5.32 Å². The molecule has 0 aromatic carbocycles. The molecule has 1 rings (SSSR count). The van der Waals surface area contributed by atoms with E-state index in [2.05, 4.69) is 30.1 Å². The summed E-state index contributed by atoms with van der Waals surface area (Å²) in [6.07, 6.45) is 9.81. The van der Waals surface area contributed by atoms with Crippen LogP contribution in [0.3, 0.4) is 0 Å². The van der Waals surface area contributed by atoms with Crippen molar-refractivity contribution in [3.05, 3.63) is 36.1 Å². The van der Waals surface area contributed by atoms with Gasteiger partial charge in [0.05, 0.1) is 0 Å². The smallest absolute Gasteiger partial charge is 0.0329 e. The summed E-state index contributed by atoms with van der Waals surface area (Å²) in [5.41, 5.74) is 2.50. The van der Waals surface area contributed by atoms with Crippen molar-refractivity contribution in [3.8, 4) is 0 Å².